The third kappa shape index (κ3) is 4.14. The first kappa shape index (κ1) is 20.6. The van der Waals surface area contributed by atoms with E-state index in [0.29, 0.717) is 25.4 Å². The smallest absolute Gasteiger partial charge is 0.410 e. The molecule has 1 atom stereocenters. The quantitative estimate of drug-likeness (QED) is 0.855. The Balaban J connectivity index is 1.76. The largest absolute Gasteiger partial charge is 0.444 e. The molecule has 7 nitrogen and oxygen atoms in total. The SMILES string of the molecule is COCC1N(c2ccccc2[NH+]=O)CCC12CCN(C(=O)OC(C)(C)C)CC2. The van der Waals surface area contributed by atoms with Crippen LogP contribution in [0.2, 0.25) is 0 Å². The summed E-state index contributed by atoms with van der Waals surface area (Å²) in [5.41, 5.74) is 1.10. The van der Waals surface area contributed by atoms with Gasteiger partial charge >= 0.3 is 6.09 Å². The number of likely N-dealkylation sites (tertiary alicyclic amines) is 1. The molecule has 28 heavy (non-hydrogen) atoms. The Morgan fingerprint density at radius 1 is 1.18 bits per heavy atom. The summed E-state index contributed by atoms with van der Waals surface area (Å²) in [5.74, 6) is 0. The number of ether oxygens (including phenoxy) is 2. The van der Waals surface area contributed by atoms with E-state index in [1.165, 1.54) is 0 Å². The van der Waals surface area contributed by atoms with Crippen molar-refractivity contribution in [3.05, 3.63) is 29.2 Å². The van der Waals surface area contributed by atoms with Crippen LogP contribution in [0.3, 0.4) is 0 Å². The summed E-state index contributed by atoms with van der Waals surface area (Å²) >= 11 is 0. The molecule has 1 N–H and O–H groups in total. The Morgan fingerprint density at radius 3 is 2.43 bits per heavy atom. The number of methoxy groups -OCH3 is 1. The molecular formula is C21H32N3O4+. The fourth-order valence-corrected chi connectivity index (χ4v) is 4.56. The average Bonchev–Trinajstić information content (AvgIpc) is 2.99. The number of para-hydroxylation sites is 2. The molecule has 3 rings (SSSR count). The predicted octanol–water partition coefficient (Wildman–Crippen LogP) is 2.41. The van der Waals surface area contributed by atoms with Gasteiger partial charge in [0.05, 0.1) is 12.6 Å². The molecular weight excluding hydrogens is 358 g/mol. The maximum atomic E-state index is 12.4. The summed E-state index contributed by atoms with van der Waals surface area (Å²) in [4.78, 5) is 27.9. The molecule has 1 aromatic rings. The molecule has 2 fully saturated rings. The molecule has 0 aliphatic carbocycles. The molecule has 2 aliphatic rings. The monoisotopic (exact) mass is 390 g/mol. The number of anilines is 1. The maximum Gasteiger partial charge on any atom is 0.410 e. The van der Waals surface area contributed by atoms with Crippen LogP contribution in [0, 0.1) is 10.3 Å². The van der Waals surface area contributed by atoms with Crippen LogP contribution >= 0.6 is 0 Å². The minimum Gasteiger partial charge on any atom is -0.444 e. The molecule has 1 amide bonds. The summed E-state index contributed by atoms with van der Waals surface area (Å²) < 4.78 is 11.1. The Labute approximate surface area is 166 Å². The number of carbonyl (C=O) groups excluding carboxylic acids is 1. The van der Waals surface area contributed by atoms with Gasteiger partial charge in [0.25, 0.3) is 5.69 Å². The van der Waals surface area contributed by atoms with Crippen molar-refractivity contribution in [3.63, 3.8) is 0 Å². The van der Waals surface area contributed by atoms with Gasteiger partial charge in [0, 0.05) is 42.9 Å². The van der Waals surface area contributed by atoms with Gasteiger partial charge in [-0.1, -0.05) is 12.1 Å². The van der Waals surface area contributed by atoms with E-state index in [9.17, 15) is 9.70 Å². The van der Waals surface area contributed by atoms with Crippen LogP contribution in [0.5, 0.6) is 0 Å². The normalized spacial score (nSPS) is 21.8. The van der Waals surface area contributed by atoms with Crippen molar-refractivity contribution in [1.29, 1.82) is 0 Å². The molecule has 2 heterocycles. The lowest BCUT2D eigenvalue weighted by Gasteiger charge is -2.44. The zero-order valence-electron chi connectivity index (χ0n) is 17.4. The zero-order valence-corrected chi connectivity index (χ0v) is 17.4. The Hall–Kier alpha value is -2.15. The average molecular weight is 391 g/mol. The molecule has 2 saturated heterocycles. The lowest BCUT2D eigenvalue weighted by Crippen LogP contribution is -2.57. The number of hydrogen-bond acceptors (Lipinski definition) is 5. The topological polar surface area (TPSA) is 73.1 Å². The van der Waals surface area contributed by atoms with Crippen LogP contribution in [-0.4, -0.2) is 56.0 Å². The number of amides is 1. The molecule has 1 spiro atoms. The first-order valence-corrected chi connectivity index (χ1v) is 10.0. The van der Waals surface area contributed by atoms with Gasteiger partial charge in [0.1, 0.15) is 11.3 Å². The number of hydrogen-bond donors (Lipinski definition) is 1. The van der Waals surface area contributed by atoms with E-state index in [-0.39, 0.29) is 17.6 Å². The van der Waals surface area contributed by atoms with E-state index >= 15 is 0 Å². The molecule has 0 aromatic heterocycles. The second kappa shape index (κ2) is 8.07. The highest BCUT2D eigenvalue weighted by molar-refractivity contribution is 5.68. The summed E-state index contributed by atoms with van der Waals surface area (Å²) in [6.45, 7) is 8.51. The minimum absolute atomic E-state index is 0.0739. The van der Waals surface area contributed by atoms with Gasteiger partial charge in [-0.15, -0.1) is 0 Å². The third-order valence-corrected chi connectivity index (χ3v) is 5.99. The molecule has 0 radical (unpaired) electrons. The number of nitrogens with one attached hydrogen (secondary N) is 1. The van der Waals surface area contributed by atoms with E-state index in [4.69, 9.17) is 9.47 Å². The summed E-state index contributed by atoms with van der Waals surface area (Å²) in [5, 5.41) is 2.07. The van der Waals surface area contributed by atoms with Crippen molar-refractivity contribution < 1.29 is 19.4 Å². The molecule has 1 aromatic carbocycles. The first-order chi connectivity index (χ1) is 13.3. The number of rotatable bonds is 4. The highest BCUT2D eigenvalue weighted by Crippen LogP contribution is 2.48. The third-order valence-electron chi connectivity index (χ3n) is 5.99. The van der Waals surface area contributed by atoms with Crippen molar-refractivity contribution in [3.8, 4) is 0 Å². The number of piperidine rings is 1. The number of carbonyl (C=O) groups is 1. The zero-order chi connectivity index (χ0) is 20.4. The van der Waals surface area contributed by atoms with E-state index in [1.54, 1.807) is 7.11 Å². The van der Waals surface area contributed by atoms with E-state index in [0.717, 1.165) is 31.5 Å². The van der Waals surface area contributed by atoms with Crippen LogP contribution < -0.4 is 10.1 Å². The lowest BCUT2D eigenvalue weighted by molar-refractivity contribution is -0.378. The number of nitroso groups, excluding NO2 is 1. The fraction of sp³-hybridized carbons (Fsp3) is 0.667. The van der Waals surface area contributed by atoms with Gasteiger partial charge in [-0.05, 0) is 51.5 Å². The van der Waals surface area contributed by atoms with E-state index in [1.807, 2.05) is 49.9 Å². The van der Waals surface area contributed by atoms with Crippen molar-refractivity contribution in [2.45, 2.75) is 51.7 Å². The maximum absolute atomic E-state index is 12.4. The summed E-state index contributed by atoms with van der Waals surface area (Å²) in [6, 6.07) is 7.78. The van der Waals surface area contributed by atoms with Crippen LogP contribution in [-0.2, 0) is 9.47 Å². The highest BCUT2D eigenvalue weighted by Gasteiger charge is 2.50. The summed E-state index contributed by atoms with van der Waals surface area (Å²) in [7, 11) is 1.72. The van der Waals surface area contributed by atoms with Gasteiger partial charge in [0.15, 0.2) is 0 Å². The Morgan fingerprint density at radius 2 is 1.82 bits per heavy atom. The van der Waals surface area contributed by atoms with Crippen molar-refractivity contribution in [1.82, 2.24) is 4.90 Å². The van der Waals surface area contributed by atoms with Gasteiger partial charge in [0.2, 0.25) is 0 Å². The first-order valence-electron chi connectivity index (χ1n) is 10.0. The van der Waals surface area contributed by atoms with Crippen molar-refractivity contribution in [2.24, 2.45) is 5.41 Å². The minimum atomic E-state index is -0.482. The van der Waals surface area contributed by atoms with Crippen LogP contribution in [0.4, 0.5) is 16.2 Å². The predicted molar refractivity (Wildman–Crippen MR) is 108 cm³/mol. The number of nitrogens with zero attached hydrogens (tertiary/aromatic N) is 2. The summed E-state index contributed by atoms with van der Waals surface area (Å²) in [6.07, 6.45) is 2.60. The van der Waals surface area contributed by atoms with Gasteiger partial charge < -0.3 is 19.3 Å². The standard InChI is InChI=1S/C21H31N3O4/c1-20(2,3)28-19(25)23-12-9-21(10-13-23)11-14-24(18(21)15-27-4)17-8-6-5-7-16(17)22-26/h5-8,18H,9-15H2,1-4H3/p+1. The van der Waals surface area contributed by atoms with E-state index < -0.39 is 5.60 Å². The molecule has 7 heteroatoms. The molecule has 154 valence electrons. The second-order valence-electron chi connectivity index (χ2n) is 8.86. The van der Waals surface area contributed by atoms with Crippen LogP contribution in [0.15, 0.2) is 24.3 Å². The van der Waals surface area contributed by atoms with E-state index in [2.05, 4.69) is 10.1 Å². The molecule has 0 saturated carbocycles. The number of benzene rings is 1. The van der Waals surface area contributed by atoms with Gasteiger partial charge in [-0.2, -0.15) is 0 Å². The van der Waals surface area contributed by atoms with Gasteiger partial charge in [-0.25, -0.2) is 4.79 Å². The van der Waals surface area contributed by atoms with Crippen LogP contribution in [0.1, 0.15) is 40.0 Å². The Bertz CT molecular complexity index is 708. The molecule has 2 aliphatic heterocycles. The fourth-order valence-electron chi connectivity index (χ4n) is 4.56. The van der Waals surface area contributed by atoms with Crippen LogP contribution in [0.25, 0.3) is 0 Å². The highest BCUT2D eigenvalue weighted by atomic mass is 16.6. The second-order valence-corrected chi connectivity index (χ2v) is 8.86. The lowest BCUT2D eigenvalue weighted by atomic mass is 9.72. The molecule has 1 unspecified atom stereocenters. The Kier molecular flexibility index (Phi) is 5.93. The van der Waals surface area contributed by atoms with Gasteiger partial charge in [-0.3, -0.25) is 0 Å². The van der Waals surface area contributed by atoms with Crippen molar-refractivity contribution in [2.75, 3.05) is 38.3 Å². The molecule has 0 bridgehead atoms. The van der Waals surface area contributed by atoms with Crippen molar-refractivity contribution >= 4 is 17.5 Å².